The van der Waals surface area contributed by atoms with Crippen molar-refractivity contribution < 1.29 is 9.90 Å². The summed E-state index contributed by atoms with van der Waals surface area (Å²) in [7, 11) is 0. The van der Waals surface area contributed by atoms with Crippen LogP contribution in [0.3, 0.4) is 0 Å². The van der Waals surface area contributed by atoms with Gasteiger partial charge in [0, 0.05) is 5.56 Å². The number of benzene rings is 2. The molecule has 98 valence electrons. The maximum atomic E-state index is 11.9. The number of phenols is 1. The van der Waals surface area contributed by atoms with Crippen molar-refractivity contribution in [2.45, 2.75) is 0 Å². The van der Waals surface area contributed by atoms with E-state index < -0.39 is 0 Å². The van der Waals surface area contributed by atoms with Gasteiger partial charge in [-0.05, 0) is 18.2 Å². The van der Waals surface area contributed by atoms with Crippen molar-refractivity contribution in [3.05, 3.63) is 57.0 Å². The highest BCUT2D eigenvalue weighted by molar-refractivity contribution is 6.49. The van der Waals surface area contributed by atoms with Gasteiger partial charge >= 0.3 is 0 Å². The fourth-order valence-corrected chi connectivity index (χ4v) is 2.06. The maximum Gasteiger partial charge on any atom is 0.255 e. The highest BCUT2D eigenvalue weighted by Gasteiger charge is 2.16. The Morgan fingerprint density at radius 3 is 2.32 bits per heavy atom. The predicted molar refractivity (Wildman–Crippen MR) is 77.5 cm³/mol. The lowest BCUT2D eigenvalue weighted by atomic mass is 10.2. The zero-order valence-electron chi connectivity index (χ0n) is 9.45. The smallest absolute Gasteiger partial charge is 0.255 e. The molecule has 2 rings (SSSR count). The van der Waals surface area contributed by atoms with Gasteiger partial charge in [-0.25, -0.2) is 0 Å². The van der Waals surface area contributed by atoms with Gasteiger partial charge in [0.1, 0.15) is 5.02 Å². The molecule has 0 atom stereocenters. The zero-order chi connectivity index (χ0) is 14.0. The average molecular weight is 317 g/mol. The van der Waals surface area contributed by atoms with E-state index in [9.17, 15) is 9.90 Å². The van der Waals surface area contributed by atoms with Crippen molar-refractivity contribution >= 4 is 46.4 Å². The summed E-state index contributed by atoms with van der Waals surface area (Å²) in [6, 6.07) is 9.89. The molecule has 1 amide bonds. The van der Waals surface area contributed by atoms with E-state index in [0.29, 0.717) is 5.56 Å². The molecule has 0 unspecified atom stereocenters. The Morgan fingerprint density at radius 2 is 1.68 bits per heavy atom. The number of halogens is 3. The van der Waals surface area contributed by atoms with Gasteiger partial charge in [-0.1, -0.05) is 53.0 Å². The molecule has 0 aromatic heterocycles. The Morgan fingerprint density at radius 1 is 1.05 bits per heavy atom. The number of hydrogen-bond donors (Lipinski definition) is 2. The standard InChI is InChI=1S/C13H8Cl3NO2/c14-8-6-9(12(18)11(16)10(8)15)17-13(19)7-4-2-1-3-5-7/h1-6,18H,(H,17,19). The Hall–Kier alpha value is -1.42. The van der Waals surface area contributed by atoms with E-state index in [0.717, 1.165) is 0 Å². The molecule has 0 saturated carbocycles. The summed E-state index contributed by atoms with van der Waals surface area (Å²) in [5.74, 6) is -0.703. The number of phenolic OH excluding ortho intramolecular Hbond substituents is 1. The van der Waals surface area contributed by atoms with E-state index in [1.165, 1.54) is 6.07 Å². The molecule has 0 aliphatic heterocycles. The Balaban J connectivity index is 2.32. The van der Waals surface area contributed by atoms with Crippen molar-refractivity contribution in [3.63, 3.8) is 0 Å². The first-order valence-corrected chi connectivity index (χ1v) is 6.37. The van der Waals surface area contributed by atoms with Crippen molar-refractivity contribution in [1.82, 2.24) is 0 Å². The van der Waals surface area contributed by atoms with Crippen LogP contribution in [0.25, 0.3) is 0 Å². The average Bonchev–Trinajstić information content (AvgIpc) is 2.43. The third-order valence-electron chi connectivity index (χ3n) is 2.42. The molecule has 2 N–H and O–H groups in total. The number of nitrogens with one attached hydrogen (secondary N) is 1. The van der Waals surface area contributed by atoms with Crippen LogP contribution >= 0.6 is 34.8 Å². The highest BCUT2D eigenvalue weighted by Crippen LogP contribution is 2.42. The van der Waals surface area contributed by atoms with Crippen molar-refractivity contribution in [3.8, 4) is 5.75 Å². The van der Waals surface area contributed by atoms with Crippen LogP contribution < -0.4 is 5.32 Å². The molecule has 0 aliphatic carbocycles. The molecule has 2 aromatic rings. The number of hydrogen-bond acceptors (Lipinski definition) is 2. The molecular formula is C13H8Cl3NO2. The summed E-state index contributed by atoms with van der Waals surface area (Å²) >= 11 is 17.4. The monoisotopic (exact) mass is 315 g/mol. The van der Waals surface area contributed by atoms with Gasteiger partial charge < -0.3 is 10.4 Å². The van der Waals surface area contributed by atoms with Gasteiger partial charge in [0.05, 0.1) is 15.7 Å². The molecule has 0 spiro atoms. The minimum atomic E-state index is -0.384. The van der Waals surface area contributed by atoms with Crippen LogP contribution in [-0.4, -0.2) is 11.0 Å². The van der Waals surface area contributed by atoms with E-state index in [4.69, 9.17) is 34.8 Å². The summed E-state index contributed by atoms with van der Waals surface area (Å²) in [5.41, 5.74) is 0.553. The molecule has 0 heterocycles. The van der Waals surface area contributed by atoms with Crippen LogP contribution in [-0.2, 0) is 0 Å². The predicted octanol–water partition coefficient (Wildman–Crippen LogP) is 4.60. The third kappa shape index (κ3) is 2.95. The Kier molecular flexibility index (Phi) is 4.20. The molecule has 3 nitrogen and oxygen atoms in total. The molecule has 6 heteroatoms. The van der Waals surface area contributed by atoms with Gasteiger partial charge in [-0.2, -0.15) is 0 Å². The number of rotatable bonds is 2. The molecule has 0 radical (unpaired) electrons. The molecule has 0 aliphatic rings. The molecule has 0 saturated heterocycles. The molecule has 0 bridgehead atoms. The first-order valence-electron chi connectivity index (χ1n) is 5.23. The number of amides is 1. The second-order valence-electron chi connectivity index (χ2n) is 3.70. The Bertz CT molecular complexity index is 630. The maximum absolute atomic E-state index is 11.9. The summed E-state index contributed by atoms with van der Waals surface area (Å²) in [6.07, 6.45) is 0. The molecule has 19 heavy (non-hydrogen) atoms. The van der Waals surface area contributed by atoms with Crippen LogP contribution in [0.5, 0.6) is 5.75 Å². The van der Waals surface area contributed by atoms with Gasteiger partial charge in [-0.3, -0.25) is 4.79 Å². The minimum Gasteiger partial charge on any atom is -0.504 e. The minimum absolute atomic E-state index is 0.0403. The van der Waals surface area contributed by atoms with Gasteiger partial charge in [0.25, 0.3) is 5.91 Å². The third-order valence-corrected chi connectivity index (χ3v) is 3.67. The largest absolute Gasteiger partial charge is 0.504 e. The number of aromatic hydroxyl groups is 1. The summed E-state index contributed by atoms with van der Waals surface area (Å²) in [5, 5.41) is 12.4. The first kappa shape index (κ1) is 14.0. The van der Waals surface area contributed by atoms with Gasteiger partial charge in [-0.15, -0.1) is 0 Å². The second kappa shape index (κ2) is 5.70. The van der Waals surface area contributed by atoms with E-state index in [-0.39, 0.29) is 32.4 Å². The zero-order valence-corrected chi connectivity index (χ0v) is 11.7. The fraction of sp³-hybridized carbons (Fsp3) is 0. The number of carbonyl (C=O) groups excluding carboxylic acids is 1. The number of carbonyl (C=O) groups is 1. The van der Waals surface area contributed by atoms with Gasteiger partial charge in [0.2, 0.25) is 0 Å². The number of anilines is 1. The van der Waals surface area contributed by atoms with Crippen molar-refractivity contribution in [2.75, 3.05) is 5.32 Å². The fourth-order valence-electron chi connectivity index (χ4n) is 1.46. The van der Waals surface area contributed by atoms with E-state index in [2.05, 4.69) is 5.32 Å². The molecule has 0 fully saturated rings. The molecular weight excluding hydrogens is 309 g/mol. The topological polar surface area (TPSA) is 49.3 Å². The van der Waals surface area contributed by atoms with Crippen LogP contribution in [0.1, 0.15) is 10.4 Å². The lowest BCUT2D eigenvalue weighted by Gasteiger charge is -2.10. The quantitative estimate of drug-likeness (QED) is 0.628. The van der Waals surface area contributed by atoms with Crippen LogP contribution in [0.2, 0.25) is 15.1 Å². The van der Waals surface area contributed by atoms with Crippen molar-refractivity contribution in [1.29, 1.82) is 0 Å². The summed E-state index contributed by atoms with van der Waals surface area (Å²) < 4.78 is 0. The van der Waals surface area contributed by atoms with Gasteiger partial charge in [0.15, 0.2) is 5.75 Å². The lowest BCUT2D eigenvalue weighted by Crippen LogP contribution is -2.11. The highest BCUT2D eigenvalue weighted by atomic mass is 35.5. The Labute approximate surface area is 124 Å². The van der Waals surface area contributed by atoms with Crippen LogP contribution in [0, 0.1) is 0 Å². The lowest BCUT2D eigenvalue weighted by molar-refractivity contribution is 0.102. The summed E-state index contributed by atoms with van der Waals surface area (Å²) in [4.78, 5) is 11.9. The SMILES string of the molecule is O=C(Nc1cc(Cl)c(Cl)c(Cl)c1O)c1ccccc1. The van der Waals surface area contributed by atoms with E-state index in [1.807, 2.05) is 0 Å². The molecule has 2 aromatic carbocycles. The summed E-state index contributed by atoms with van der Waals surface area (Å²) in [6.45, 7) is 0. The first-order chi connectivity index (χ1) is 9.00. The van der Waals surface area contributed by atoms with E-state index >= 15 is 0 Å². The van der Waals surface area contributed by atoms with E-state index in [1.54, 1.807) is 30.3 Å². The van der Waals surface area contributed by atoms with Crippen LogP contribution in [0.4, 0.5) is 5.69 Å². The normalized spacial score (nSPS) is 10.3. The second-order valence-corrected chi connectivity index (χ2v) is 4.87. The van der Waals surface area contributed by atoms with Crippen molar-refractivity contribution in [2.24, 2.45) is 0 Å². The van der Waals surface area contributed by atoms with Crippen LogP contribution in [0.15, 0.2) is 36.4 Å².